The number of carbonyl (C=O) groups excluding carboxylic acids is 2. The zero-order valence-corrected chi connectivity index (χ0v) is 16.0. The minimum atomic E-state index is -0.305. The lowest BCUT2D eigenvalue weighted by Gasteiger charge is -2.43. The van der Waals surface area contributed by atoms with Gasteiger partial charge in [-0.25, -0.2) is 4.39 Å². The van der Waals surface area contributed by atoms with E-state index in [0.29, 0.717) is 24.8 Å². The summed E-state index contributed by atoms with van der Waals surface area (Å²) in [5.41, 5.74) is 0. The van der Waals surface area contributed by atoms with E-state index in [-0.39, 0.29) is 36.4 Å². The van der Waals surface area contributed by atoms with Crippen LogP contribution in [0.3, 0.4) is 0 Å². The summed E-state index contributed by atoms with van der Waals surface area (Å²) in [5, 5.41) is 0. The van der Waals surface area contributed by atoms with Crippen LogP contribution in [-0.2, 0) is 14.3 Å². The van der Waals surface area contributed by atoms with Crippen LogP contribution in [0.15, 0.2) is 24.3 Å². The Hall–Kier alpha value is -2.15. The van der Waals surface area contributed by atoms with Crippen LogP contribution in [0.25, 0.3) is 0 Å². The number of nitrogens with zero attached hydrogens (tertiary/aromatic N) is 2. The molecule has 6 nitrogen and oxygen atoms in total. The monoisotopic (exact) mass is 390 g/mol. The molecular formula is C21H27FN2O4. The molecule has 3 fully saturated rings. The van der Waals surface area contributed by atoms with Crippen LogP contribution in [0.4, 0.5) is 4.39 Å². The van der Waals surface area contributed by atoms with E-state index in [1.165, 1.54) is 12.1 Å². The van der Waals surface area contributed by atoms with Gasteiger partial charge in [0.15, 0.2) is 0 Å². The number of hydrogen-bond donors (Lipinski definition) is 0. The van der Waals surface area contributed by atoms with Crippen molar-refractivity contribution in [1.82, 2.24) is 9.80 Å². The number of ether oxygens (including phenoxy) is 2. The number of piperidine rings is 1. The number of benzene rings is 1. The second-order valence-corrected chi connectivity index (χ2v) is 7.93. The summed E-state index contributed by atoms with van der Waals surface area (Å²) in [5.74, 6) is 0.802. The normalized spacial score (nSPS) is 24.2. The fourth-order valence-corrected chi connectivity index (χ4v) is 4.13. The fourth-order valence-electron chi connectivity index (χ4n) is 4.13. The van der Waals surface area contributed by atoms with Gasteiger partial charge in [0.05, 0.1) is 6.54 Å². The number of carbonyl (C=O) groups is 2. The van der Waals surface area contributed by atoms with Gasteiger partial charge in [-0.05, 0) is 49.9 Å². The lowest BCUT2D eigenvalue weighted by atomic mass is 9.84. The molecule has 0 spiro atoms. The Labute approximate surface area is 164 Å². The first-order chi connectivity index (χ1) is 13.6. The summed E-state index contributed by atoms with van der Waals surface area (Å²) in [7, 11) is 0. The van der Waals surface area contributed by atoms with Crippen molar-refractivity contribution in [3.63, 3.8) is 0 Å². The Bertz CT molecular complexity index is 699. The summed E-state index contributed by atoms with van der Waals surface area (Å²) < 4.78 is 24.3. The van der Waals surface area contributed by atoms with Crippen molar-refractivity contribution in [1.29, 1.82) is 0 Å². The molecule has 0 aromatic heterocycles. The number of likely N-dealkylation sites (tertiary alicyclic amines) is 1. The molecule has 7 heteroatoms. The number of amides is 2. The van der Waals surface area contributed by atoms with Gasteiger partial charge in [0.25, 0.3) is 0 Å². The molecule has 0 radical (unpaired) electrons. The molecule has 2 amide bonds. The Morgan fingerprint density at radius 1 is 1.14 bits per heavy atom. The van der Waals surface area contributed by atoms with Crippen molar-refractivity contribution in [2.45, 2.75) is 44.2 Å². The van der Waals surface area contributed by atoms with Gasteiger partial charge in [-0.15, -0.1) is 0 Å². The average Bonchev–Trinajstić information content (AvgIpc) is 2.67. The van der Waals surface area contributed by atoms with Gasteiger partial charge in [0.2, 0.25) is 11.8 Å². The second-order valence-electron chi connectivity index (χ2n) is 7.93. The standard InChI is InChI=1S/C21H27FN2O4/c22-16-4-6-18(7-5-16)27-13-19-12-24(20(25)14-28-19)17-8-10-23(11-9-17)21(26)15-2-1-3-15/h4-7,15,17,19H,1-3,8-14H2. The summed E-state index contributed by atoms with van der Waals surface area (Å²) in [6.07, 6.45) is 4.63. The molecule has 2 saturated heterocycles. The van der Waals surface area contributed by atoms with Crippen molar-refractivity contribution in [3.05, 3.63) is 30.1 Å². The fraction of sp³-hybridized carbons (Fsp3) is 0.619. The molecule has 0 bridgehead atoms. The first-order valence-corrected chi connectivity index (χ1v) is 10.2. The van der Waals surface area contributed by atoms with Crippen LogP contribution in [0.2, 0.25) is 0 Å². The molecule has 1 unspecified atom stereocenters. The minimum Gasteiger partial charge on any atom is -0.491 e. The second kappa shape index (κ2) is 8.47. The minimum absolute atomic E-state index is 0.00167. The summed E-state index contributed by atoms with van der Waals surface area (Å²) in [6, 6.07) is 6.01. The molecule has 152 valence electrons. The molecule has 1 atom stereocenters. The van der Waals surface area contributed by atoms with E-state index in [9.17, 15) is 14.0 Å². The van der Waals surface area contributed by atoms with E-state index in [4.69, 9.17) is 9.47 Å². The Morgan fingerprint density at radius 3 is 2.50 bits per heavy atom. The van der Waals surface area contributed by atoms with Gasteiger partial charge >= 0.3 is 0 Å². The summed E-state index contributed by atoms with van der Waals surface area (Å²) in [6.45, 7) is 2.30. The third-order valence-corrected chi connectivity index (χ3v) is 6.08. The van der Waals surface area contributed by atoms with Gasteiger partial charge in [-0.3, -0.25) is 9.59 Å². The predicted molar refractivity (Wildman–Crippen MR) is 100 cm³/mol. The molecule has 1 saturated carbocycles. The van der Waals surface area contributed by atoms with E-state index < -0.39 is 0 Å². The summed E-state index contributed by atoms with van der Waals surface area (Å²) in [4.78, 5) is 28.6. The van der Waals surface area contributed by atoms with E-state index >= 15 is 0 Å². The van der Waals surface area contributed by atoms with Crippen LogP contribution in [0.1, 0.15) is 32.1 Å². The molecule has 1 aromatic rings. The summed E-state index contributed by atoms with van der Waals surface area (Å²) >= 11 is 0. The Morgan fingerprint density at radius 2 is 1.86 bits per heavy atom. The van der Waals surface area contributed by atoms with Crippen LogP contribution < -0.4 is 4.74 Å². The number of halogens is 1. The van der Waals surface area contributed by atoms with E-state index in [2.05, 4.69) is 0 Å². The van der Waals surface area contributed by atoms with Crippen LogP contribution in [-0.4, -0.2) is 66.6 Å². The first kappa shape index (κ1) is 19.2. The number of rotatable bonds is 5. The molecular weight excluding hydrogens is 363 g/mol. The van der Waals surface area contributed by atoms with Crippen molar-refractivity contribution in [3.8, 4) is 5.75 Å². The Balaban J connectivity index is 1.27. The van der Waals surface area contributed by atoms with E-state index in [1.807, 2.05) is 9.80 Å². The predicted octanol–water partition coefficient (Wildman–Crippen LogP) is 2.22. The van der Waals surface area contributed by atoms with Crippen molar-refractivity contribution in [2.75, 3.05) is 32.8 Å². The van der Waals surface area contributed by atoms with Gasteiger partial charge in [0.1, 0.15) is 30.9 Å². The quantitative estimate of drug-likeness (QED) is 0.774. The van der Waals surface area contributed by atoms with Crippen molar-refractivity contribution in [2.24, 2.45) is 5.92 Å². The molecule has 4 rings (SSSR count). The first-order valence-electron chi connectivity index (χ1n) is 10.2. The SMILES string of the molecule is O=C(C1CCC1)N1CCC(N2CC(COc3ccc(F)cc3)OCC2=O)CC1. The maximum absolute atomic E-state index is 13.0. The molecule has 0 N–H and O–H groups in total. The van der Waals surface area contributed by atoms with Gasteiger partial charge in [-0.1, -0.05) is 6.42 Å². The smallest absolute Gasteiger partial charge is 0.248 e. The third-order valence-electron chi connectivity index (χ3n) is 6.08. The maximum atomic E-state index is 13.0. The zero-order chi connectivity index (χ0) is 19.5. The zero-order valence-electron chi connectivity index (χ0n) is 16.0. The van der Waals surface area contributed by atoms with Crippen LogP contribution in [0.5, 0.6) is 5.75 Å². The molecule has 2 heterocycles. The average molecular weight is 390 g/mol. The largest absolute Gasteiger partial charge is 0.491 e. The highest BCUT2D eigenvalue weighted by Gasteiger charge is 2.36. The molecule has 1 aromatic carbocycles. The van der Waals surface area contributed by atoms with Crippen LogP contribution in [0, 0.1) is 11.7 Å². The third kappa shape index (κ3) is 4.29. The highest BCUT2D eigenvalue weighted by Crippen LogP contribution is 2.30. The molecule has 28 heavy (non-hydrogen) atoms. The van der Waals surface area contributed by atoms with Crippen LogP contribution >= 0.6 is 0 Å². The Kier molecular flexibility index (Phi) is 5.80. The molecule has 1 aliphatic carbocycles. The highest BCUT2D eigenvalue weighted by molar-refractivity contribution is 5.80. The molecule has 2 aliphatic heterocycles. The highest BCUT2D eigenvalue weighted by atomic mass is 19.1. The number of hydrogen-bond acceptors (Lipinski definition) is 4. The van der Waals surface area contributed by atoms with Gasteiger partial charge in [0, 0.05) is 25.0 Å². The van der Waals surface area contributed by atoms with Crippen molar-refractivity contribution >= 4 is 11.8 Å². The number of morpholine rings is 1. The topological polar surface area (TPSA) is 59.1 Å². The van der Waals surface area contributed by atoms with E-state index in [1.54, 1.807) is 12.1 Å². The van der Waals surface area contributed by atoms with E-state index in [0.717, 1.165) is 45.2 Å². The molecule has 3 aliphatic rings. The lowest BCUT2D eigenvalue weighted by molar-refractivity contribution is -0.156. The van der Waals surface area contributed by atoms with Crippen molar-refractivity contribution < 1.29 is 23.5 Å². The van der Waals surface area contributed by atoms with Gasteiger partial charge in [-0.2, -0.15) is 0 Å². The lowest BCUT2D eigenvalue weighted by Crippen LogP contribution is -2.56. The van der Waals surface area contributed by atoms with Gasteiger partial charge < -0.3 is 19.3 Å². The maximum Gasteiger partial charge on any atom is 0.248 e.